The minimum absolute atomic E-state index is 0.0333. The molecule has 2 aromatic rings. The number of phenolic OH excluding ortho intramolecular Hbond substituents is 2. The molecule has 0 unspecified atom stereocenters. The molecule has 2 aromatic carbocycles. The summed E-state index contributed by atoms with van der Waals surface area (Å²) in [6.45, 7) is 0.662. The number of hydrogen-bond acceptors (Lipinski definition) is 10. The fourth-order valence-corrected chi connectivity index (χ4v) is 7.70. The second kappa shape index (κ2) is 9.12. The highest BCUT2D eigenvalue weighted by atomic mass is 16.7. The van der Waals surface area contributed by atoms with E-state index < -0.39 is 34.9 Å². The molecule has 208 valence electrons. The number of nitrogens with one attached hydrogen (secondary N) is 1. The number of carbonyl (C=O) groups excluding carboxylic acids is 1. The smallest absolute Gasteiger partial charge is 0.331 e. The lowest BCUT2D eigenvalue weighted by atomic mass is 9.50. The number of methoxy groups -OCH3 is 4. The van der Waals surface area contributed by atoms with Crippen molar-refractivity contribution in [1.82, 2.24) is 5.32 Å². The largest absolute Gasteiger partial charge is 0.504 e. The summed E-state index contributed by atoms with van der Waals surface area (Å²) in [6, 6.07) is 8.52. The molecule has 10 nitrogen and oxygen atoms in total. The summed E-state index contributed by atoms with van der Waals surface area (Å²) in [6.07, 6.45) is 2.70. The first kappa shape index (κ1) is 25.9. The van der Waals surface area contributed by atoms with E-state index in [1.807, 2.05) is 6.07 Å². The van der Waals surface area contributed by atoms with Crippen molar-refractivity contribution < 1.29 is 43.4 Å². The number of carbonyl (C=O) groups is 1. The molecule has 1 saturated carbocycles. The van der Waals surface area contributed by atoms with Crippen LogP contribution in [-0.2, 0) is 29.2 Å². The number of esters is 1. The van der Waals surface area contributed by atoms with Gasteiger partial charge in [0, 0.05) is 37.7 Å². The van der Waals surface area contributed by atoms with Crippen molar-refractivity contribution in [2.45, 2.75) is 54.3 Å². The van der Waals surface area contributed by atoms with Crippen molar-refractivity contribution in [1.29, 1.82) is 0 Å². The molecule has 1 spiro atoms. The van der Waals surface area contributed by atoms with Gasteiger partial charge in [0.1, 0.15) is 12.2 Å². The average molecular weight is 540 g/mol. The Morgan fingerprint density at radius 2 is 1.85 bits per heavy atom. The number of benzene rings is 2. The highest BCUT2D eigenvalue weighted by molar-refractivity contribution is 5.87. The second-order valence-corrected chi connectivity index (χ2v) is 10.5. The summed E-state index contributed by atoms with van der Waals surface area (Å²) in [7, 11) is 6.13. The molecular formula is C29H33NO9. The van der Waals surface area contributed by atoms with Gasteiger partial charge in [-0.15, -0.1) is 0 Å². The molecule has 6 atom stereocenters. The SMILES string of the molecule is COc1ccc(/C=C/C(=O)O[C@H]2C[C@]34CCN[C@@]35C[C@H](O[C@@]5(OC)[C@H]2OC)c2ccc(OC)c(O)c24)cc1O. The van der Waals surface area contributed by atoms with Crippen LogP contribution in [0.2, 0.25) is 0 Å². The van der Waals surface area contributed by atoms with Crippen molar-refractivity contribution in [2.24, 2.45) is 0 Å². The molecule has 2 saturated heterocycles. The van der Waals surface area contributed by atoms with E-state index in [1.54, 1.807) is 38.5 Å². The summed E-state index contributed by atoms with van der Waals surface area (Å²) in [5, 5.41) is 25.2. The number of hydrogen-bond donors (Lipinski definition) is 3. The van der Waals surface area contributed by atoms with E-state index in [-0.39, 0.29) is 17.6 Å². The highest BCUT2D eigenvalue weighted by Gasteiger charge is 2.81. The van der Waals surface area contributed by atoms with Crippen LogP contribution in [0.1, 0.15) is 42.1 Å². The van der Waals surface area contributed by atoms with Crippen LogP contribution in [0.4, 0.5) is 0 Å². The molecule has 6 rings (SSSR count). The van der Waals surface area contributed by atoms with Crippen LogP contribution < -0.4 is 14.8 Å². The van der Waals surface area contributed by atoms with Gasteiger partial charge in [-0.25, -0.2) is 4.79 Å². The molecule has 2 aliphatic heterocycles. The normalized spacial score (nSPS) is 34.0. The molecule has 10 heteroatoms. The van der Waals surface area contributed by atoms with Crippen LogP contribution in [0.5, 0.6) is 23.0 Å². The summed E-state index contributed by atoms with van der Waals surface area (Å²) in [4.78, 5) is 13.1. The first-order valence-corrected chi connectivity index (χ1v) is 13.0. The van der Waals surface area contributed by atoms with Crippen molar-refractivity contribution in [3.63, 3.8) is 0 Å². The Morgan fingerprint density at radius 1 is 1.08 bits per heavy atom. The topological polar surface area (TPSA) is 125 Å². The second-order valence-electron chi connectivity index (χ2n) is 10.5. The third-order valence-electron chi connectivity index (χ3n) is 9.12. The van der Waals surface area contributed by atoms with Crippen LogP contribution >= 0.6 is 0 Å². The number of aromatic hydroxyl groups is 2. The zero-order valence-corrected chi connectivity index (χ0v) is 22.4. The Morgan fingerprint density at radius 3 is 2.54 bits per heavy atom. The monoisotopic (exact) mass is 539 g/mol. The van der Waals surface area contributed by atoms with Crippen LogP contribution in [0.3, 0.4) is 0 Å². The predicted octanol–water partition coefficient (Wildman–Crippen LogP) is 2.95. The van der Waals surface area contributed by atoms with Gasteiger partial charge in [-0.3, -0.25) is 0 Å². The lowest BCUT2D eigenvalue weighted by molar-refractivity contribution is -0.328. The third-order valence-corrected chi connectivity index (χ3v) is 9.12. The van der Waals surface area contributed by atoms with E-state index in [0.29, 0.717) is 42.9 Å². The number of rotatable bonds is 7. The van der Waals surface area contributed by atoms with Crippen LogP contribution in [0.25, 0.3) is 6.08 Å². The minimum atomic E-state index is -1.28. The van der Waals surface area contributed by atoms with Gasteiger partial charge in [0.05, 0.1) is 25.9 Å². The Labute approximate surface area is 226 Å². The molecule has 39 heavy (non-hydrogen) atoms. The Kier molecular flexibility index (Phi) is 6.07. The summed E-state index contributed by atoms with van der Waals surface area (Å²) in [5.41, 5.74) is 0.854. The lowest BCUT2D eigenvalue weighted by Gasteiger charge is -2.59. The van der Waals surface area contributed by atoms with Crippen molar-refractivity contribution in [2.75, 3.05) is 35.0 Å². The molecule has 0 radical (unpaired) electrons. The summed E-state index contributed by atoms with van der Waals surface area (Å²) < 4.78 is 35.5. The molecule has 2 heterocycles. The molecule has 4 aliphatic rings. The summed E-state index contributed by atoms with van der Waals surface area (Å²) >= 11 is 0. The maximum Gasteiger partial charge on any atom is 0.331 e. The van der Waals surface area contributed by atoms with Crippen LogP contribution in [-0.4, -0.2) is 74.7 Å². The Hall–Kier alpha value is -3.31. The molecular weight excluding hydrogens is 506 g/mol. The zero-order chi connectivity index (χ0) is 27.6. The van der Waals surface area contributed by atoms with Crippen molar-refractivity contribution in [3.8, 4) is 23.0 Å². The molecule has 3 fully saturated rings. The first-order valence-electron chi connectivity index (χ1n) is 13.0. The zero-order valence-electron chi connectivity index (χ0n) is 22.4. The maximum atomic E-state index is 13.1. The Bertz CT molecular complexity index is 1340. The van der Waals surface area contributed by atoms with E-state index in [0.717, 1.165) is 11.1 Å². The molecule has 0 amide bonds. The van der Waals surface area contributed by atoms with Gasteiger partial charge in [0.2, 0.25) is 5.79 Å². The Balaban J connectivity index is 1.39. The van der Waals surface area contributed by atoms with E-state index in [4.69, 9.17) is 28.4 Å². The van der Waals surface area contributed by atoms with Gasteiger partial charge in [-0.2, -0.15) is 0 Å². The fourth-order valence-electron chi connectivity index (χ4n) is 7.70. The number of fused-ring (bicyclic) bond motifs is 3. The average Bonchev–Trinajstić information content (AvgIpc) is 3.48. The molecule has 2 bridgehead atoms. The van der Waals surface area contributed by atoms with Crippen LogP contribution in [0, 0.1) is 0 Å². The van der Waals surface area contributed by atoms with Gasteiger partial charge < -0.3 is 44.0 Å². The highest BCUT2D eigenvalue weighted by Crippen LogP contribution is 2.71. The van der Waals surface area contributed by atoms with Crippen molar-refractivity contribution >= 4 is 12.0 Å². The third kappa shape index (κ3) is 3.32. The van der Waals surface area contributed by atoms with Gasteiger partial charge in [-0.05, 0) is 54.8 Å². The van der Waals surface area contributed by atoms with Gasteiger partial charge in [0.25, 0.3) is 0 Å². The molecule has 2 aliphatic carbocycles. The van der Waals surface area contributed by atoms with Gasteiger partial charge in [-0.1, -0.05) is 12.1 Å². The first-order chi connectivity index (χ1) is 18.8. The van der Waals surface area contributed by atoms with Gasteiger partial charge in [0.15, 0.2) is 23.0 Å². The predicted molar refractivity (Wildman–Crippen MR) is 139 cm³/mol. The minimum Gasteiger partial charge on any atom is -0.504 e. The summed E-state index contributed by atoms with van der Waals surface area (Å²) in [5.74, 6) is -1.11. The van der Waals surface area contributed by atoms with E-state index >= 15 is 0 Å². The lowest BCUT2D eigenvalue weighted by Crippen LogP contribution is -2.78. The molecule has 3 N–H and O–H groups in total. The standard InChI is InChI=1S/C29H33NO9/c1-34-19-8-5-16(13-18(19)31)6-10-23(32)38-22-14-27-11-12-30-28(27)15-21(39-29(28,37-4)26(22)36-3)17-7-9-20(35-2)25(33)24(17)27/h5-10,13,21-22,26,30-31,33H,11-12,14-15H2,1-4H3/b10-6+/t21-,22-,26-,27-,28-,29-/m0/s1. The quantitative estimate of drug-likeness (QED) is 0.357. The maximum absolute atomic E-state index is 13.1. The van der Waals surface area contributed by atoms with Crippen LogP contribution in [0.15, 0.2) is 36.4 Å². The number of ether oxygens (including phenoxy) is 6. The van der Waals surface area contributed by atoms with E-state index in [1.165, 1.54) is 26.4 Å². The fraction of sp³-hybridized carbons (Fsp3) is 0.483. The van der Waals surface area contributed by atoms with E-state index in [2.05, 4.69) is 5.32 Å². The number of phenols is 2. The van der Waals surface area contributed by atoms with Gasteiger partial charge >= 0.3 is 5.97 Å². The molecule has 0 aromatic heterocycles. The van der Waals surface area contributed by atoms with E-state index in [9.17, 15) is 15.0 Å². The van der Waals surface area contributed by atoms with Crippen molar-refractivity contribution in [3.05, 3.63) is 53.1 Å².